The molecule has 7 heteroatoms. The van der Waals surface area contributed by atoms with Gasteiger partial charge in [0.15, 0.2) is 0 Å². The van der Waals surface area contributed by atoms with Crippen LogP contribution in [-0.4, -0.2) is 30.5 Å². The normalized spacial score (nSPS) is 27.6. The molecule has 2 atom stereocenters. The van der Waals surface area contributed by atoms with Crippen molar-refractivity contribution in [3.8, 4) is 0 Å². The molecule has 1 saturated carbocycles. The van der Waals surface area contributed by atoms with Crippen LogP contribution in [0, 0.1) is 10.8 Å². The van der Waals surface area contributed by atoms with Gasteiger partial charge in [-0.1, -0.05) is 27.4 Å². The van der Waals surface area contributed by atoms with Crippen molar-refractivity contribution in [3.63, 3.8) is 0 Å². The van der Waals surface area contributed by atoms with Crippen LogP contribution < -0.4 is 21.3 Å². The van der Waals surface area contributed by atoms with Crippen molar-refractivity contribution >= 4 is 17.9 Å². The highest BCUT2D eigenvalue weighted by Crippen LogP contribution is 2.45. The summed E-state index contributed by atoms with van der Waals surface area (Å²) in [4.78, 5) is 28.0. The van der Waals surface area contributed by atoms with E-state index in [1.807, 2.05) is 6.92 Å². The largest absolute Gasteiger partial charge is 0.354 e. The van der Waals surface area contributed by atoms with E-state index >= 15 is 0 Å². The number of carbonyl (C=O) groups is 2. The summed E-state index contributed by atoms with van der Waals surface area (Å²) in [5.74, 6) is 0.364. The van der Waals surface area contributed by atoms with Gasteiger partial charge in [0.05, 0.1) is 0 Å². The fourth-order valence-corrected chi connectivity index (χ4v) is 4.34. The van der Waals surface area contributed by atoms with Crippen molar-refractivity contribution in [2.75, 3.05) is 6.54 Å². The van der Waals surface area contributed by atoms with E-state index in [0.717, 1.165) is 25.0 Å². The third-order valence-corrected chi connectivity index (χ3v) is 4.71. The maximum absolute atomic E-state index is 12.3. The van der Waals surface area contributed by atoms with Crippen LogP contribution in [0.4, 0.5) is 4.79 Å². The van der Waals surface area contributed by atoms with E-state index in [1.165, 1.54) is 0 Å². The Balaban J connectivity index is 1.94. The minimum absolute atomic E-state index is 0.00853. The molecule has 1 heterocycles. The Morgan fingerprint density at radius 2 is 2.04 bits per heavy atom. The van der Waals surface area contributed by atoms with Gasteiger partial charge in [-0.15, -0.1) is 0 Å². The second kappa shape index (κ2) is 7.51. The number of hydrogen-bond donors (Lipinski definition) is 4. The third-order valence-electron chi connectivity index (χ3n) is 4.71. The van der Waals surface area contributed by atoms with Crippen LogP contribution in [0.2, 0.25) is 0 Å². The van der Waals surface area contributed by atoms with E-state index in [2.05, 4.69) is 53.6 Å². The van der Waals surface area contributed by atoms with Crippen LogP contribution in [0.15, 0.2) is 29.0 Å². The molecule has 0 radical (unpaired) electrons. The van der Waals surface area contributed by atoms with Gasteiger partial charge in [0.1, 0.15) is 0 Å². The molecular weight excluding hydrogens is 330 g/mol. The van der Waals surface area contributed by atoms with E-state index < -0.39 is 0 Å². The van der Waals surface area contributed by atoms with E-state index in [4.69, 9.17) is 0 Å². The third kappa shape index (κ3) is 5.89. The van der Waals surface area contributed by atoms with Gasteiger partial charge in [0.25, 0.3) is 0 Å². The van der Waals surface area contributed by atoms with E-state index in [-0.39, 0.29) is 28.8 Å². The van der Waals surface area contributed by atoms with Crippen molar-refractivity contribution in [3.05, 3.63) is 24.0 Å². The summed E-state index contributed by atoms with van der Waals surface area (Å²) in [5.41, 5.74) is 1.48. The first-order valence-electron chi connectivity index (χ1n) is 9.01. The summed E-state index contributed by atoms with van der Waals surface area (Å²) in [7, 11) is 0. The highest BCUT2D eigenvalue weighted by molar-refractivity contribution is 5.98. The van der Waals surface area contributed by atoms with E-state index in [1.54, 1.807) is 13.0 Å². The first-order chi connectivity index (χ1) is 12.0. The predicted octanol–water partition coefficient (Wildman–Crippen LogP) is 2.38. The molecule has 7 nitrogen and oxygen atoms in total. The molecule has 144 valence electrons. The molecule has 0 aromatic rings. The number of urea groups is 1. The first kappa shape index (κ1) is 20.0. The molecule has 2 unspecified atom stereocenters. The zero-order valence-electron chi connectivity index (χ0n) is 16.5. The molecule has 4 N–H and O–H groups in total. The zero-order chi connectivity index (χ0) is 19.5. The summed E-state index contributed by atoms with van der Waals surface area (Å²) in [6, 6.07) is -0.175. The van der Waals surface area contributed by atoms with Gasteiger partial charge < -0.3 is 16.0 Å². The number of nitrogens with one attached hydrogen (secondary N) is 4. The summed E-state index contributed by atoms with van der Waals surface area (Å²) in [6.07, 6.45) is 4.57. The molecule has 3 amide bonds. The van der Waals surface area contributed by atoms with Crippen LogP contribution in [0.25, 0.3) is 0 Å². The molecule has 1 aliphatic carbocycles. The molecule has 2 rings (SSSR count). The van der Waals surface area contributed by atoms with Crippen LogP contribution in [0.5, 0.6) is 0 Å². The van der Waals surface area contributed by atoms with Crippen molar-refractivity contribution in [1.82, 2.24) is 21.3 Å². The topological polar surface area (TPSA) is 94.6 Å². The maximum Gasteiger partial charge on any atom is 0.321 e. The lowest BCUT2D eigenvalue weighted by Crippen LogP contribution is -2.52. The molecule has 0 spiro atoms. The van der Waals surface area contributed by atoms with Crippen LogP contribution in [0.1, 0.15) is 53.9 Å². The number of amides is 3. The van der Waals surface area contributed by atoms with Crippen molar-refractivity contribution < 1.29 is 9.59 Å². The van der Waals surface area contributed by atoms with Gasteiger partial charge >= 0.3 is 6.03 Å². The molecule has 0 aromatic carbocycles. The van der Waals surface area contributed by atoms with Gasteiger partial charge in [-0.2, -0.15) is 0 Å². The van der Waals surface area contributed by atoms with Crippen molar-refractivity contribution in [2.24, 2.45) is 15.8 Å². The first-order valence-corrected chi connectivity index (χ1v) is 9.01. The molecular formula is C19H31N5O2. The Labute approximate surface area is 155 Å². The van der Waals surface area contributed by atoms with Crippen molar-refractivity contribution in [2.45, 2.75) is 59.9 Å². The van der Waals surface area contributed by atoms with Gasteiger partial charge in [0.2, 0.25) is 11.9 Å². The zero-order valence-corrected chi connectivity index (χ0v) is 16.5. The number of carbonyl (C=O) groups excluding carboxylic acids is 2. The molecule has 0 bridgehead atoms. The summed E-state index contributed by atoms with van der Waals surface area (Å²) in [5, 5.41) is 11.6. The minimum Gasteiger partial charge on any atom is -0.354 e. The number of rotatable bonds is 3. The Morgan fingerprint density at radius 1 is 1.35 bits per heavy atom. The minimum atomic E-state index is -0.306. The Bertz CT molecular complexity index is 665. The molecule has 0 aromatic heterocycles. The number of nitrogens with zero attached hydrogens (tertiary/aromatic N) is 1. The lowest BCUT2D eigenvalue weighted by Gasteiger charge is -2.46. The quantitative estimate of drug-likeness (QED) is 0.622. The van der Waals surface area contributed by atoms with Gasteiger partial charge in [-0.25, -0.2) is 9.79 Å². The molecule has 0 saturated heterocycles. The Morgan fingerprint density at radius 3 is 2.65 bits per heavy atom. The summed E-state index contributed by atoms with van der Waals surface area (Å²) >= 11 is 0. The highest BCUT2D eigenvalue weighted by atomic mass is 16.2. The fourth-order valence-electron chi connectivity index (χ4n) is 4.34. The fraction of sp³-hybridized carbons (Fsp3) is 0.632. The van der Waals surface area contributed by atoms with E-state index in [0.29, 0.717) is 18.2 Å². The lowest BCUT2D eigenvalue weighted by molar-refractivity contribution is -0.120. The average Bonchev–Trinajstić information content (AvgIpc) is 2.41. The van der Waals surface area contributed by atoms with Gasteiger partial charge in [-0.3, -0.25) is 10.1 Å². The summed E-state index contributed by atoms with van der Waals surface area (Å²) in [6.45, 7) is 14.3. The maximum atomic E-state index is 12.3. The Kier molecular flexibility index (Phi) is 5.78. The molecule has 2 aliphatic rings. The van der Waals surface area contributed by atoms with E-state index in [9.17, 15) is 9.59 Å². The molecule has 1 fully saturated rings. The number of allylic oxidation sites excluding steroid dienone is 2. The van der Waals surface area contributed by atoms with Crippen molar-refractivity contribution in [1.29, 1.82) is 0 Å². The predicted molar refractivity (Wildman–Crippen MR) is 103 cm³/mol. The molecule has 1 aliphatic heterocycles. The summed E-state index contributed by atoms with van der Waals surface area (Å²) < 4.78 is 0. The number of guanidine groups is 1. The Hall–Kier alpha value is -2.31. The smallest absolute Gasteiger partial charge is 0.321 e. The monoisotopic (exact) mass is 361 g/mol. The SMILES string of the molecule is C=C1C=C(C)N=C(NC(=O)NCC2(C)CC(NC(C)=O)CC(C)(C)C2)N1. The standard InChI is InChI=1S/C19H31N5O2/c1-12-7-13(2)22-16(21-12)24-17(26)20-11-19(6)9-15(23-14(3)25)8-18(4,5)10-19/h7,15H,1,8-11H2,2-6H3,(H,23,25)(H3,20,21,22,24,26). The lowest BCUT2D eigenvalue weighted by atomic mass is 9.62. The second-order valence-corrected chi connectivity index (χ2v) is 8.66. The number of aliphatic imine (C=N–C) groups is 1. The number of hydrogen-bond acceptors (Lipinski definition) is 4. The highest BCUT2D eigenvalue weighted by Gasteiger charge is 2.41. The average molecular weight is 361 g/mol. The van der Waals surface area contributed by atoms with Gasteiger partial charge in [-0.05, 0) is 43.1 Å². The second-order valence-electron chi connectivity index (χ2n) is 8.66. The van der Waals surface area contributed by atoms with Crippen LogP contribution >= 0.6 is 0 Å². The molecule has 26 heavy (non-hydrogen) atoms. The van der Waals surface area contributed by atoms with Crippen LogP contribution in [0.3, 0.4) is 0 Å². The van der Waals surface area contributed by atoms with Gasteiger partial charge in [0, 0.05) is 30.9 Å². The van der Waals surface area contributed by atoms with Crippen LogP contribution in [-0.2, 0) is 4.79 Å².